The van der Waals surface area contributed by atoms with E-state index in [2.05, 4.69) is 16.0 Å². The molecule has 1 saturated heterocycles. The maximum absolute atomic E-state index is 12.0. The van der Waals surface area contributed by atoms with Crippen LogP contribution >= 0.6 is 0 Å². The molecule has 0 saturated carbocycles. The highest BCUT2D eigenvalue weighted by Crippen LogP contribution is 2.12. The minimum atomic E-state index is -0.408. The highest BCUT2D eigenvalue weighted by molar-refractivity contribution is 5.96. The molecule has 6 heteroatoms. The Balaban J connectivity index is 1.86. The molecule has 1 aliphatic heterocycles. The fraction of sp³-hybridized carbons (Fsp3) is 0.500. The van der Waals surface area contributed by atoms with E-state index in [1.54, 1.807) is 24.3 Å². The van der Waals surface area contributed by atoms with E-state index in [0.717, 1.165) is 0 Å². The number of nitrogens with one attached hydrogen (secondary N) is 3. The lowest BCUT2D eigenvalue weighted by Gasteiger charge is -2.14. The van der Waals surface area contributed by atoms with Gasteiger partial charge in [-0.25, -0.2) is 0 Å². The fourth-order valence-corrected chi connectivity index (χ4v) is 2.24. The second-order valence-electron chi connectivity index (χ2n) is 5.92. The van der Waals surface area contributed by atoms with Gasteiger partial charge >= 0.3 is 0 Å². The van der Waals surface area contributed by atoms with Crippen molar-refractivity contribution in [1.29, 1.82) is 0 Å². The van der Waals surface area contributed by atoms with Crippen molar-refractivity contribution in [2.45, 2.75) is 20.0 Å². The Hall–Kier alpha value is -1.92. The molecule has 0 spiro atoms. The molecule has 0 radical (unpaired) electrons. The molecule has 2 amide bonds. The van der Waals surface area contributed by atoms with E-state index < -0.39 is 6.10 Å². The van der Waals surface area contributed by atoms with Gasteiger partial charge in [0.25, 0.3) is 5.91 Å². The maximum Gasteiger partial charge on any atom is 0.251 e. The van der Waals surface area contributed by atoms with Crippen molar-refractivity contribution in [1.82, 2.24) is 10.6 Å². The second-order valence-corrected chi connectivity index (χ2v) is 5.92. The van der Waals surface area contributed by atoms with Gasteiger partial charge in [-0.2, -0.15) is 0 Å². The number of aliphatic hydroxyl groups excluding tert-OH is 1. The van der Waals surface area contributed by atoms with Gasteiger partial charge in [0.05, 0.1) is 6.10 Å². The Morgan fingerprint density at radius 3 is 2.50 bits per heavy atom. The number of amides is 2. The molecule has 1 aliphatic rings. The average molecular weight is 305 g/mol. The van der Waals surface area contributed by atoms with E-state index >= 15 is 0 Å². The summed E-state index contributed by atoms with van der Waals surface area (Å²) < 4.78 is 0. The van der Waals surface area contributed by atoms with Gasteiger partial charge in [-0.3, -0.25) is 9.59 Å². The first-order chi connectivity index (χ1) is 10.5. The number of carbonyl (C=O) groups is 2. The van der Waals surface area contributed by atoms with Crippen LogP contribution in [0.15, 0.2) is 24.3 Å². The van der Waals surface area contributed by atoms with Crippen molar-refractivity contribution < 1.29 is 14.7 Å². The summed E-state index contributed by atoms with van der Waals surface area (Å²) in [4.78, 5) is 23.6. The number of hydrogen-bond donors (Lipinski definition) is 4. The van der Waals surface area contributed by atoms with Crippen molar-refractivity contribution in [3.63, 3.8) is 0 Å². The molecule has 1 aromatic rings. The van der Waals surface area contributed by atoms with Crippen LogP contribution in [0.4, 0.5) is 5.69 Å². The zero-order valence-corrected chi connectivity index (χ0v) is 12.9. The molecule has 2 rings (SSSR count). The van der Waals surface area contributed by atoms with Gasteiger partial charge in [-0.05, 0) is 24.3 Å². The van der Waals surface area contributed by atoms with Crippen LogP contribution in [0.25, 0.3) is 0 Å². The molecule has 1 aromatic carbocycles. The van der Waals surface area contributed by atoms with E-state index in [1.807, 2.05) is 13.8 Å². The third-order valence-electron chi connectivity index (χ3n) is 3.77. The van der Waals surface area contributed by atoms with Crippen molar-refractivity contribution in [3.05, 3.63) is 29.8 Å². The third kappa shape index (κ3) is 4.29. The lowest BCUT2D eigenvalue weighted by molar-refractivity contribution is -0.118. The van der Waals surface area contributed by atoms with E-state index in [4.69, 9.17) is 0 Å². The molecule has 0 bridgehead atoms. The molecular weight excluding hydrogens is 282 g/mol. The first-order valence-corrected chi connectivity index (χ1v) is 7.55. The highest BCUT2D eigenvalue weighted by Gasteiger charge is 2.25. The summed E-state index contributed by atoms with van der Waals surface area (Å²) in [6.45, 7) is 5.37. The maximum atomic E-state index is 12.0. The molecular formula is C16H23N3O3. The topological polar surface area (TPSA) is 90.5 Å². The zero-order valence-electron chi connectivity index (χ0n) is 12.9. The van der Waals surface area contributed by atoms with E-state index in [-0.39, 0.29) is 23.7 Å². The smallest absolute Gasteiger partial charge is 0.251 e. The first kappa shape index (κ1) is 16.5. The van der Waals surface area contributed by atoms with Crippen LogP contribution in [0, 0.1) is 11.8 Å². The second kappa shape index (κ2) is 7.38. The molecule has 0 aromatic heterocycles. The first-order valence-electron chi connectivity index (χ1n) is 7.55. The minimum absolute atomic E-state index is 0.0496. The molecule has 2 unspecified atom stereocenters. The number of aliphatic hydroxyl groups is 1. The summed E-state index contributed by atoms with van der Waals surface area (Å²) in [7, 11) is 0. The molecule has 1 fully saturated rings. The summed E-state index contributed by atoms with van der Waals surface area (Å²) in [5, 5.41) is 18.4. The van der Waals surface area contributed by atoms with Crippen molar-refractivity contribution in [3.8, 4) is 0 Å². The van der Waals surface area contributed by atoms with Crippen LogP contribution in [0.1, 0.15) is 24.2 Å². The molecule has 22 heavy (non-hydrogen) atoms. The number of benzene rings is 1. The van der Waals surface area contributed by atoms with Gasteiger partial charge in [0.15, 0.2) is 0 Å². The van der Waals surface area contributed by atoms with E-state index in [9.17, 15) is 14.7 Å². The number of anilines is 1. The van der Waals surface area contributed by atoms with Crippen LogP contribution < -0.4 is 16.0 Å². The van der Waals surface area contributed by atoms with Gasteiger partial charge in [-0.1, -0.05) is 13.8 Å². The molecule has 120 valence electrons. The third-order valence-corrected chi connectivity index (χ3v) is 3.77. The van der Waals surface area contributed by atoms with Gasteiger partial charge < -0.3 is 21.1 Å². The minimum Gasteiger partial charge on any atom is -0.391 e. The Morgan fingerprint density at radius 1 is 1.27 bits per heavy atom. The van der Waals surface area contributed by atoms with Gasteiger partial charge in [0.1, 0.15) is 0 Å². The number of carbonyl (C=O) groups excluding carboxylic acids is 2. The van der Waals surface area contributed by atoms with E-state index in [0.29, 0.717) is 30.9 Å². The van der Waals surface area contributed by atoms with Gasteiger partial charge in [0, 0.05) is 42.7 Å². The zero-order chi connectivity index (χ0) is 16.1. The number of β-amino-alcohol motifs (C(OH)–C–C–N with tert-alkyl or cyclic N) is 1. The Kier molecular flexibility index (Phi) is 5.51. The Labute approximate surface area is 130 Å². The van der Waals surface area contributed by atoms with Crippen LogP contribution in [0.3, 0.4) is 0 Å². The molecule has 4 N–H and O–H groups in total. The lowest BCUT2D eigenvalue weighted by Crippen LogP contribution is -2.34. The predicted octanol–water partition coefficient (Wildman–Crippen LogP) is 0.591. The largest absolute Gasteiger partial charge is 0.391 e. The summed E-state index contributed by atoms with van der Waals surface area (Å²) in [5.41, 5.74) is 1.20. The van der Waals surface area contributed by atoms with Crippen LogP contribution in [-0.4, -0.2) is 42.7 Å². The van der Waals surface area contributed by atoms with Gasteiger partial charge in [0.2, 0.25) is 5.91 Å². The summed E-state index contributed by atoms with van der Waals surface area (Å²) in [5.74, 6) is -0.274. The fourth-order valence-electron chi connectivity index (χ4n) is 2.24. The van der Waals surface area contributed by atoms with E-state index in [1.165, 1.54) is 0 Å². The Morgan fingerprint density at radius 2 is 1.95 bits per heavy atom. The SMILES string of the molecule is CC(C)C(=O)Nc1ccc(C(=O)NCC2CNCC2O)cc1. The van der Waals surface area contributed by atoms with Crippen molar-refractivity contribution in [2.75, 3.05) is 25.0 Å². The van der Waals surface area contributed by atoms with Crippen LogP contribution in [0.5, 0.6) is 0 Å². The molecule has 2 atom stereocenters. The van der Waals surface area contributed by atoms with Crippen LogP contribution in [-0.2, 0) is 4.79 Å². The lowest BCUT2D eigenvalue weighted by atomic mass is 10.1. The highest BCUT2D eigenvalue weighted by atomic mass is 16.3. The van der Waals surface area contributed by atoms with Crippen LogP contribution in [0.2, 0.25) is 0 Å². The Bertz CT molecular complexity index is 528. The van der Waals surface area contributed by atoms with Gasteiger partial charge in [-0.15, -0.1) is 0 Å². The summed E-state index contributed by atoms with van der Waals surface area (Å²) in [6, 6.07) is 6.77. The number of hydrogen-bond acceptors (Lipinski definition) is 4. The quantitative estimate of drug-likeness (QED) is 0.641. The summed E-state index contributed by atoms with van der Waals surface area (Å²) >= 11 is 0. The molecule has 1 heterocycles. The average Bonchev–Trinajstić information content (AvgIpc) is 2.90. The molecule has 0 aliphatic carbocycles. The summed E-state index contributed by atoms with van der Waals surface area (Å²) in [6.07, 6.45) is -0.408. The number of rotatable bonds is 5. The molecule has 6 nitrogen and oxygen atoms in total. The predicted molar refractivity (Wildman–Crippen MR) is 84.6 cm³/mol. The standard InChI is InChI=1S/C16H23N3O3/c1-10(2)15(21)19-13-5-3-11(4-6-13)16(22)18-8-12-7-17-9-14(12)20/h3-6,10,12,14,17,20H,7-9H2,1-2H3,(H,18,22)(H,19,21). The van der Waals surface area contributed by atoms with Crippen molar-refractivity contribution in [2.24, 2.45) is 11.8 Å². The monoisotopic (exact) mass is 305 g/mol. The normalized spacial score (nSPS) is 20.9. The van der Waals surface area contributed by atoms with Crippen molar-refractivity contribution >= 4 is 17.5 Å².